The second-order valence-electron chi connectivity index (χ2n) is 8.98. The van der Waals surface area contributed by atoms with Crippen molar-refractivity contribution >= 4 is 41.6 Å². The molecule has 0 saturated carbocycles. The average molecular weight is 582 g/mol. The summed E-state index contributed by atoms with van der Waals surface area (Å²) in [4.78, 5) is 76.2. The molecular formula is C24H35N7O10. The number of aliphatic imine (C=N–C) groups is 1. The number of nitrogens with one attached hydrogen (secondary N) is 3. The molecule has 1 rings (SSSR count). The first-order chi connectivity index (χ1) is 19.2. The minimum absolute atomic E-state index is 0.0658. The van der Waals surface area contributed by atoms with Crippen molar-refractivity contribution in [3.8, 4) is 5.75 Å². The minimum Gasteiger partial charge on any atom is -0.508 e. The fraction of sp³-hybridized carbons (Fsp3) is 0.458. The molecule has 0 aliphatic rings. The lowest BCUT2D eigenvalue weighted by molar-refractivity contribution is -0.143. The predicted octanol–water partition coefficient (Wildman–Crippen LogP) is -2.81. The molecule has 0 radical (unpaired) electrons. The van der Waals surface area contributed by atoms with Crippen molar-refractivity contribution in [2.75, 3.05) is 6.54 Å². The number of carboxylic acid groups (broad SMARTS) is 3. The van der Waals surface area contributed by atoms with Gasteiger partial charge in [0.1, 0.15) is 23.9 Å². The van der Waals surface area contributed by atoms with Gasteiger partial charge in [-0.2, -0.15) is 0 Å². The molecule has 3 amide bonds. The number of nitrogens with zero attached hydrogens (tertiary/aromatic N) is 1. The molecule has 41 heavy (non-hydrogen) atoms. The molecule has 0 aliphatic heterocycles. The number of nitrogens with two attached hydrogens (primary N) is 3. The molecule has 0 aromatic heterocycles. The smallest absolute Gasteiger partial charge is 0.326 e. The van der Waals surface area contributed by atoms with Gasteiger partial charge in [0.15, 0.2) is 5.96 Å². The van der Waals surface area contributed by atoms with Gasteiger partial charge in [-0.05, 0) is 37.0 Å². The van der Waals surface area contributed by atoms with E-state index in [1.165, 1.54) is 24.3 Å². The lowest BCUT2D eigenvalue weighted by atomic mass is 10.0. The summed E-state index contributed by atoms with van der Waals surface area (Å²) in [6, 6.07) is -0.364. The van der Waals surface area contributed by atoms with Crippen molar-refractivity contribution in [2.24, 2.45) is 22.2 Å². The molecule has 4 unspecified atom stereocenters. The second-order valence-corrected chi connectivity index (χ2v) is 8.98. The normalized spacial score (nSPS) is 13.5. The Morgan fingerprint density at radius 1 is 0.780 bits per heavy atom. The maximum atomic E-state index is 13.1. The molecule has 0 bridgehead atoms. The Balaban J connectivity index is 3.13. The summed E-state index contributed by atoms with van der Waals surface area (Å²) in [5, 5.41) is 43.9. The number of carbonyl (C=O) groups is 6. The quantitative estimate of drug-likeness (QED) is 0.0476. The van der Waals surface area contributed by atoms with E-state index in [2.05, 4.69) is 20.9 Å². The number of benzene rings is 1. The summed E-state index contributed by atoms with van der Waals surface area (Å²) < 4.78 is 0. The summed E-state index contributed by atoms with van der Waals surface area (Å²) in [7, 11) is 0. The van der Waals surface area contributed by atoms with Crippen molar-refractivity contribution in [2.45, 2.75) is 62.7 Å². The van der Waals surface area contributed by atoms with E-state index < -0.39 is 72.6 Å². The van der Waals surface area contributed by atoms with E-state index in [-0.39, 0.29) is 43.9 Å². The van der Waals surface area contributed by atoms with E-state index in [1.54, 1.807) is 0 Å². The third-order valence-electron chi connectivity index (χ3n) is 5.59. The molecule has 226 valence electrons. The molecule has 17 nitrogen and oxygen atoms in total. The van der Waals surface area contributed by atoms with Crippen LogP contribution in [0.2, 0.25) is 0 Å². The maximum Gasteiger partial charge on any atom is 0.326 e. The summed E-state index contributed by atoms with van der Waals surface area (Å²) >= 11 is 0. The number of hydrogen-bond acceptors (Lipinski definition) is 9. The standard InChI is InChI=1S/C24H35N7O10/c25-14(7-8-18(33)34)20(37)30-17(11-19(35)36)22(39)31-16(10-12-3-5-13(32)6-4-12)21(38)29-15(23(40)41)2-1-9-28-24(26)27/h3-6,14-17,32H,1-2,7-11,25H2,(H,29,38)(H,30,37)(H,31,39)(H,33,34)(H,35,36)(H,40,41)(H4,26,27,28). The first-order valence-electron chi connectivity index (χ1n) is 12.4. The molecule has 1 aromatic carbocycles. The molecule has 0 saturated heterocycles. The van der Waals surface area contributed by atoms with Gasteiger partial charge in [-0.1, -0.05) is 12.1 Å². The Morgan fingerprint density at radius 2 is 1.34 bits per heavy atom. The molecule has 17 heteroatoms. The first-order valence-corrected chi connectivity index (χ1v) is 12.4. The van der Waals surface area contributed by atoms with Crippen molar-refractivity contribution in [3.63, 3.8) is 0 Å². The Morgan fingerprint density at radius 3 is 1.88 bits per heavy atom. The van der Waals surface area contributed by atoms with Gasteiger partial charge < -0.3 is 53.6 Å². The SMILES string of the molecule is NC(N)=NCCCC(NC(=O)C(Cc1ccc(O)cc1)NC(=O)C(CC(=O)O)NC(=O)C(N)CCC(=O)O)C(=O)O. The van der Waals surface area contributed by atoms with Crippen LogP contribution in [0.3, 0.4) is 0 Å². The largest absolute Gasteiger partial charge is 0.508 e. The summed E-state index contributed by atoms with van der Waals surface area (Å²) in [6.45, 7) is 0.0980. The average Bonchev–Trinajstić information content (AvgIpc) is 2.88. The predicted molar refractivity (Wildman–Crippen MR) is 142 cm³/mol. The highest BCUT2D eigenvalue weighted by molar-refractivity contribution is 5.95. The van der Waals surface area contributed by atoms with Gasteiger partial charge in [-0.25, -0.2) is 4.79 Å². The molecule has 4 atom stereocenters. The highest BCUT2D eigenvalue weighted by atomic mass is 16.4. The molecular weight excluding hydrogens is 546 g/mol. The van der Waals surface area contributed by atoms with Crippen LogP contribution in [0, 0.1) is 0 Å². The molecule has 1 aromatic rings. The molecule has 13 N–H and O–H groups in total. The topological polar surface area (TPSA) is 310 Å². The van der Waals surface area contributed by atoms with Gasteiger partial charge in [0.2, 0.25) is 17.7 Å². The van der Waals surface area contributed by atoms with E-state index in [9.17, 15) is 44.1 Å². The molecule has 0 spiro atoms. The van der Waals surface area contributed by atoms with Gasteiger partial charge in [-0.3, -0.25) is 29.0 Å². The highest BCUT2D eigenvalue weighted by Crippen LogP contribution is 2.12. The van der Waals surface area contributed by atoms with Crippen LogP contribution in [-0.4, -0.2) is 92.7 Å². The van der Waals surface area contributed by atoms with Crippen molar-refractivity contribution in [1.29, 1.82) is 0 Å². The number of carbonyl (C=O) groups excluding carboxylic acids is 3. The Hall–Kier alpha value is -4.93. The van der Waals surface area contributed by atoms with E-state index in [0.29, 0.717) is 5.56 Å². The van der Waals surface area contributed by atoms with Crippen LogP contribution < -0.4 is 33.2 Å². The van der Waals surface area contributed by atoms with Crippen LogP contribution in [0.15, 0.2) is 29.3 Å². The van der Waals surface area contributed by atoms with Crippen LogP contribution >= 0.6 is 0 Å². The van der Waals surface area contributed by atoms with Crippen LogP contribution in [0.5, 0.6) is 5.75 Å². The zero-order valence-corrected chi connectivity index (χ0v) is 22.0. The van der Waals surface area contributed by atoms with Gasteiger partial charge in [0.05, 0.1) is 12.5 Å². The summed E-state index contributed by atoms with van der Waals surface area (Å²) in [5.74, 6) is -7.34. The number of phenols is 1. The third-order valence-corrected chi connectivity index (χ3v) is 5.59. The van der Waals surface area contributed by atoms with E-state index >= 15 is 0 Å². The number of carboxylic acids is 3. The number of phenolic OH excluding ortho intramolecular Hbond substituents is 1. The van der Waals surface area contributed by atoms with E-state index in [0.717, 1.165) is 0 Å². The Bertz CT molecular complexity index is 1120. The van der Waals surface area contributed by atoms with Crippen LogP contribution in [-0.2, 0) is 35.2 Å². The number of guanidine groups is 1. The summed E-state index contributed by atoms with van der Waals surface area (Å²) in [5.41, 5.74) is 16.6. The third kappa shape index (κ3) is 13.6. The number of aromatic hydroxyl groups is 1. The number of aliphatic carboxylic acids is 3. The van der Waals surface area contributed by atoms with Crippen molar-refractivity contribution in [1.82, 2.24) is 16.0 Å². The second kappa shape index (κ2) is 16.9. The van der Waals surface area contributed by atoms with Gasteiger partial charge in [0, 0.05) is 19.4 Å². The fourth-order valence-corrected chi connectivity index (χ4v) is 3.46. The highest BCUT2D eigenvalue weighted by Gasteiger charge is 2.31. The van der Waals surface area contributed by atoms with Crippen LogP contribution in [0.25, 0.3) is 0 Å². The Labute approximate surface area is 234 Å². The first kappa shape index (κ1) is 34.1. The van der Waals surface area contributed by atoms with Gasteiger partial charge in [-0.15, -0.1) is 0 Å². The lowest BCUT2D eigenvalue weighted by Crippen LogP contribution is -2.58. The van der Waals surface area contributed by atoms with Crippen molar-refractivity contribution < 1.29 is 49.2 Å². The van der Waals surface area contributed by atoms with Crippen LogP contribution in [0.4, 0.5) is 0 Å². The Kier molecular flexibility index (Phi) is 14.1. The van der Waals surface area contributed by atoms with E-state index in [4.69, 9.17) is 22.3 Å². The molecule has 0 aliphatic carbocycles. The minimum atomic E-state index is -1.71. The summed E-state index contributed by atoms with van der Waals surface area (Å²) in [6.07, 6.45) is -1.71. The number of rotatable bonds is 18. The van der Waals surface area contributed by atoms with Crippen molar-refractivity contribution in [3.05, 3.63) is 29.8 Å². The zero-order valence-electron chi connectivity index (χ0n) is 22.0. The lowest BCUT2D eigenvalue weighted by Gasteiger charge is -2.25. The number of amides is 3. The molecule has 0 fully saturated rings. The monoisotopic (exact) mass is 581 g/mol. The van der Waals surface area contributed by atoms with Crippen LogP contribution in [0.1, 0.15) is 37.7 Å². The van der Waals surface area contributed by atoms with E-state index in [1.807, 2.05) is 0 Å². The maximum absolute atomic E-state index is 13.1. The number of hydrogen-bond donors (Lipinski definition) is 10. The van der Waals surface area contributed by atoms with Gasteiger partial charge >= 0.3 is 17.9 Å². The van der Waals surface area contributed by atoms with Gasteiger partial charge in [0.25, 0.3) is 0 Å². The molecule has 0 heterocycles. The zero-order chi connectivity index (χ0) is 31.1. The fourth-order valence-electron chi connectivity index (χ4n) is 3.46.